The van der Waals surface area contributed by atoms with Crippen molar-refractivity contribution >= 4 is 16.3 Å². The highest BCUT2D eigenvalue weighted by atomic mass is 32.3. The first-order valence-corrected chi connectivity index (χ1v) is 7.63. The van der Waals surface area contributed by atoms with Crippen LogP contribution in [0.1, 0.15) is 26.7 Å². The van der Waals surface area contributed by atoms with E-state index in [2.05, 4.69) is 25.1 Å². The van der Waals surface area contributed by atoms with E-state index in [-0.39, 0.29) is 0 Å². The Bertz CT molecular complexity index is 379. The van der Waals surface area contributed by atoms with Crippen LogP contribution in [-0.2, 0) is 19.4 Å². The van der Waals surface area contributed by atoms with Crippen molar-refractivity contribution < 1.29 is 26.4 Å². The molecule has 0 radical (unpaired) electrons. The molecule has 0 atom stereocenters. The third-order valence-electron chi connectivity index (χ3n) is 3.41. The van der Waals surface area contributed by atoms with Gasteiger partial charge in [0.25, 0.3) is 0 Å². The molecule has 0 aromatic heterocycles. The van der Waals surface area contributed by atoms with Crippen molar-refractivity contribution in [3.8, 4) is 0 Å². The second-order valence-electron chi connectivity index (χ2n) is 4.73. The summed E-state index contributed by atoms with van der Waals surface area (Å²) < 4.78 is 32.0. The minimum Gasteiger partial charge on any atom is -0.726 e. The number of carbonyl (C=O) groups is 1. The highest BCUT2D eigenvalue weighted by Crippen LogP contribution is 2.13. The first kappa shape index (κ1) is 18.3. The smallest absolute Gasteiger partial charge is 0.226 e. The second kappa shape index (κ2) is 7.78. The molecule has 0 aliphatic carbocycles. The van der Waals surface area contributed by atoms with E-state index < -0.39 is 10.4 Å². The Morgan fingerprint density at radius 3 is 2.11 bits per heavy atom. The molecule has 0 spiro atoms. The fraction of sp³-hybridized carbons (Fsp3) is 0.909. The van der Waals surface area contributed by atoms with Gasteiger partial charge in [0.2, 0.25) is 16.3 Å². The standard InChI is InChI=1S/C10H21N2O.CH4O4S/c1-4-12(3,5-2)9-11-8-6-7-10(11)13;1-5-6(2,3)4/h4-9H2,1-3H3;1H3,(H,2,3,4)/q+1;/p-1. The number of amides is 1. The predicted octanol–water partition coefficient (Wildman–Crippen LogP) is 0.146. The van der Waals surface area contributed by atoms with Gasteiger partial charge in [-0.3, -0.25) is 13.9 Å². The zero-order valence-electron chi connectivity index (χ0n) is 12.1. The van der Waals surface area contributed by atoms with E-state index in [9.17, 15) is 17.8 Å². The van der Waals surface area contributed by atoms with E-state index in [0.29, 0.717) is 5.91 Å². The van der Waals surface area contributed by atoms with Crippen molar-refractivity contribution in [2.75, 3.05) is 40.5 Å². The van der Waals surface area contributed by atoms with Gasteiger partial charge in [0.05, 0.1) is 27.2 Å². The third-order valence-corrected chi connectivity index (χ3v) is 3.82. The Balaban J connectivity index is 0.000000459. The van der Waals surface area contributed by atoms with Gasteiger partial charge in [-0.15, -0.1) is 0 Å². The van der Waals surface area contributed by atoms with Gasteiger partial charge in [-0.25, -0.2) is 8.42 Å². The zero-order chi connectivity index (χ0) is 15.1. The maximum atomic E-state index is 11.4. The van der Waals surface area contributed by atoms with E-state index in [4.69, 9.17) is 0 Å². The van der Waals surface area contributed by atoms with Crippen LogP contribution >= 0.6 is 0 Å². The van der Waals surface area contributed by atoms with Crippen LogP contribution in [0.3, 0.4) is 0 Å². The van der Waals surface area contributed by atoms with Crippen LogP contribution in [0.25, 0.3) is 0 Å². The molecule has 1 rings (SSSR count). The largest absolute Gasteiger partial charge is 0.726 e. The van der Waals surface area contributed by atoms with Crippen molar-refractivity contribution in [1.82, 2.24) is 4.90 Å². The Hall–Kier alpha value is -0.700. The molecular weight excluding hydrogens is 272 g/mol. The van der Waals surface area contributed by atoms with Crippen molar-refractivity contribution in [2.45, 2.75) is 26.7 Å². The van der Waals surface area contributed by atoms with Gasteiger partial charge in [-0.1, -0.05) is 0 Å². The highest BCUT2D eigenvalue weighted by molar-refractivity contribution is 7.80. The van der Waals surface area contributed by atoms with Crippen molar-refractivity contribution in [2.24, 2.45) is 0 Å². The summed E-state index contributed by atoms with van der Waals surface area (Å²) in [6.07, 6.45) is 1.81. The lowest BCUT2D eigenvalue weighted by Crippen LogP contribution is -2.51. The Kier molecular flexibility index (Phi) is 7.50. The number of hydrogen-bond donors (Lipinski definition) is 0. The van der Waals surface area contributed by atoms with Crippen LogP contribution in [0.4, 0.5) is 0 Å². The summed E-state index contributed by atoms with van der Waals surface area (Å²) in [5, 5.41) is 0. The SMILES string of the molecule is CC[N+](C)(CC)CN1CCCC1=O.COS(=O)(=O)[O-]. The maximum absolute atomic E-state index is 11.4. The zero-order valence-corrected chi connectivity index (χ0v) is 12.9. The molecule has 0 unspecified atom stereocenters. The third kappa shape index (κ3) is 7.46. The van der Waals surface area contributed by atoms with Gasteiger partial charge < -0.3 is 9.04 Å². The summed E-state index contributed by atoms with van der Waals surface area (Å²) >= 11 is 0. The molecule has 0 saturated carbocycles. The molecule has 7 nitrogen and oxygen atoms in total. The Morgan fingerprint density at radius 1 is 1.37 bits per heavy atom. The van der Waals surface area contributed by atoms with Gasteiger partial charge in [0, 0.05) is 13.0 Å². The van der Waals surface area contributed by atoms with Crippen LogP contribution in [0.15, 0.2) is 0 Å². The molecule has 0 aromatic rings. The number of hydrogen-bond acceptors (Lipinski definition) is 5. The minimum absolute atomic E-state index is 0.339. The van der Waals surface area contributed by atoms with Gasteiger partial charge in [-0.2, -0.15) is 0 Å². The summed E-state index contributed by atoms with van der Waals surface area (Å²) in [6, 6.07) is 0. The first-order valence-electron chi connectivity index (χ1n) is 6.30. The van der Waals surface area contributed by atoms with Crippen LogP contribution in [0.5, 0.6) is 0 Å². The maximum Gasteiger partial charge on any atom is 0.226 e. The number of quaternary nitrogens is 1. The van der Waals surface area contributed by atoms with Crippen molar-refractivity contribution in [3.63, 3.8) is 0 Å². The van der Waals surface area contributed by atoms with Gasteiger partial charge in [0.1, 0.15) is 0 Å². The monoisotopic (exact) mass is 296 g/mol. The summed E-state index contributed by atoms with van der Waals surface area (Å²) in [7, 11) is -1.39. The normalized spacial score (nSPS) is 16.3. The molecule has 1 aliphatic heterocycles. The minimum atomic E-state index is -4.41. The lowest BCUT2D eigenvalue weighted by atomic mass is 10.4. The molecule has 1 fully saturated rings. The summed E-state index contributed by atoms with van der Waals surface area (Å²) in [6.45, 7) is 8.42. The molecule has 1 heterocycles. The molecule has 1 aliphatic rings. The second-order valence-corrected chi connectivity index (χ2v) is 5.88. The molecule has 1 saturated heterocycles. The summed E-state index contributed by atoms with van der Waals surface area (Å²) in [4.78, 5) is 13.4. The fourth-order valence-corrected chi connectivity index (χ4v) is 1.69. The average Bonchev–Trinajstić information content (AvgIpc) is 2.74. The number of rotatable bonds is 5. The van der Waals surface area contributed by atoms with E-state index in [1.807, 2.05) is 4.90 Å². The van der Waals surface area contributed by atoms with Crippen LogP contribution in [0.2, 0.25) is 0 Å². The fourth-order valence-electron chi connectivity index (χ4n) is 1.69. The molecule has 0 N–H and O–H groups in total. The lowest BCUT2D eigenvalue weighted by Gasteiger charge is -2.35. The number of nitrogens with zero attached hydrogens (tertiary/aromatic N) is 2. The van der Waals surface area contributed by atoms with Crippen LogP contribution < -0.4 is 0 Å². The van der Waals surface area contributed by atoms with Gasteiger partial charge in [-0.05, 0) is 20.3 Å². The van der Waals surface area contributed by atoms with E-state index >= 15 is 0 Å². The molecule has 0 aromatic carbocycles. The molecule has 8 heteroatoms. The Labute approximate surface area is 115 Å². The molecule has 1 amide bonds. The van der Waals surface area contributed by atoms with Crippen molar-refractivity contribution in [1.29, 1.82) is 0 Å². The first-order chi connectivity index (χ1) is 8.67. The van der Waals surface area contributed by atoms with E-state index in [1.165, 1.54) is 0 Å². The average molecular weight is 296 g/mol. The van der Waals surface area contributed by atoms with Crippen LogP contribution in [0, 0.1) is 0 Å². The molecule has 0 bridgehead atoms. The quantitative estimate of drug-likeness (QED) is 0.409. The van der Waals surface area contributed by atoms with Gasteiger partial charge in [0.15, 0.2) is 6.67 Å². The summed E-state index contributed by atoms with van der Waals surface area (Å²) in [5.74, 6) is 0.339. The summed E-state index contributed by atoms with van der Waals surface area (Å²) in [5.41, 5.74) is 0. The van der Waals surface area contributed by atoms with Crippen molar-refractivity contribution in [3.05, 3.63) is 0 Å². The Morgan fingerprint density at radius 2 is 1.84 bits per heavy atom. The van der Waals surface area contributed by atoms with E-state index in [0.717, 1.165) is 50.7 Å². The predicted molar refractivity (Wildman–Crippen MR) is 69.8 cm³/mol. The van der Waals surface area contributed by atoms with E-state index in [1.54, 1.807) is 0 Å². The van der Waals surface area contributed by atoms with Crippen LogP contribution in [-0.4, -0.2) is 68.7 Å². The van der Waals surface area contributed by atoms with Gasteiger partial charge >= 0.3 is 0 Å². The molecular formula is C11H24N2O5S. The number of carbonyl (C=O) groups excluding carboxylic acids is 1. The lowest BCUT2D eigenvalue weighted by molar-refractivity contribution is -0.914. The molecule has 114 valence electrons. The highest BCUT2D eigenvalue weighted by Gasteiger charge is 2.27. The number of likely N-dealkylation sites (tertiary alicyclic amines) is 1. The topological polar surface area (TPSA) is 86.7 Å². The molecule has 19 heavy (non-hydrogen) atoms.